The molecule has 0 bridgehead atoms. The third kappa shape index (κ3) is 2.67. The van der Waals surface area contributed by atoms with Crippen LogP contribution in [0.1, 0.15) is 54.9 Å². The van der Waals surface area contributed by atoms with Crippen LogP contribution in [0.2, 0.25) is 0 Å². The van der Waals surface area contributed by atoms with Crippen LogP contribution in [-0.4, -0.2) is 18.5 Å². The van der Waals surface area contributed by atoms with Gasteiger partial charge in [-0.3, -0.25) is 4.79 Å². The lowest BCUT2D eigenvalue weighted by atomic mass is 9.97. The quantitative estimate of drug-likeness (QED) is 0.886. The van der Waals surface area contributed by atoms with E-state index in [-0.39, 0.29) is 11.9 Å². The molecule has 1 unspecified atom stereocenters. The maximum atomic E-state index is 12.5. The van der Waals surface area contributed by atoms with E-state index in [1.54, 1.807) is 0 Å². The number of anilines is 1. The number of amides is 1. The van der Waals surface area contributed by atoms with Gasteiger partial charge in [-0.05, 0) is 50.2 Å². The second-order valence-electron chi connectivity index (χ2n) is 6.18. The first kappa shape index (κ1) is 13.5. The van der Waals surface area contributed by atoms with Crippen molar-refractivity contribution in [1.82, 2.24) is 5.32 Å². The molecule has 1 saturated carbocycles. The summed E-state index contributed by atoms with van der Waals surface area (Å²) in [5, 5.41) is 6.60. The van der Waals surface area contributed by atoms with E-state index in [0.717, 1.165) is 30.6 Å². The van der Waals surface area contributed by atoms with Crippen LogP contribution >= 0.6 is 0 Å². The van der Waals surface area contributed by atoms with Crippen LogP contribution in [0.3, 0.4) is 0 Å². The van der Waals surface area contributed by atoms with Gasteiger partial charge in [-0.25, -0.2) is 0 Å². The van der Waals surface area contributed by atoms with Gasteiger partial charge < -0.3 is 10.6 Å². The van der Waals surface area contributed by atoms with Crippen molar-refractivity contribution in [2.24, 2.45) is 5.92 Å². The van der Waals surface area contributed by atoms with Crippen molar-refractivity contribution in [2.75, 3.05) is 11.9 Å². The van der Waals surface area contributed by atoms with E-state index in [1.807, 2.05) is 12.1 Å². The summed E-state index contributed by atoms with van der Waals surface area (Å²) in [4.78, 5) is 12.5. The Morgan fingerprint density at radius 2 is 2.10 bits per heavy atom. The lowest BCUT2D eigenvalue weighted by Crippen LogP contribution is -2.37. The number of carbonyl (C=O) groups excluding carboxylic acids is 1. The Labute approximate surface area is 121 Å². The van der Waals surface area contributed by atoms with Crippen molar-refractivity contribution in [3.8, 4) is 0 Å². The van der Waals surface area contributed by atoms with Crippen LogP contribution in [0.25, 0.3) is 0 Å². The monoisotopic (exact) mass is 272 g/mol. The van der Waals surface area contributed by atoms with Gasteiger partial charge in [0.25, 0.3) is 5.91 Å². The first-order valence-electron chi connectivity index (χ1n) is 7.92. The fraction of sp³-hybridized carbons (Fsp3) is 0.588. The average Bonchev–Trinajstić information content (AvgIpc) is 3.01. The highest BCUT2D eigenvalue weighted by Crippen LogP contribution is 2.29. The molecule has 2 N–H and O–H groups in total. The van der Waals surface area contributed by atoms with Crippen LogP contribution in [0.15, 0.2) is 18.2 Å². The second-order valence-corrected chi connectivity index (χ2v) is 6.18. The zero-order valence-corrected chi connectivity index (χ0v) is 12.2. The Morgan fingerprint density at radius 3 is 2.90 bits per heavy atom. The minimum atomic E-state index is 0.0793. The minimum absolute atomic E-state index is 0.0793. The summed E-state index contributed by atoms with van der Waals surface area (Å²) in [6, 6.07) is 6.34. The molecule has 3 heteroatoms. The Morgan fingerprint density at radius 1 is 1.30 bits per heavy atom. The van der Waals surface area contributed by atoms with Crippen LogP contribution in [0, 0.1) is 5.92 Å². The third-order valence-corrected chi connectivity index (χ3v) is 4.79. The van der Waals surface area contributed by atoms with Crippen molar-refractivity contribution in [3.05, 3.63) is 29.3 Å². The standard InChI is InChI=1S/C17H24N2O/c1-12(13-6-2-3-7-13)19-17(20)15-10-4-8-14-9-5-11-18-16(14)15/h4,8,10,12-13,18H,2-3,5-7,9,11H2,1H3,(H,19,20). The summed E-state index contributed by atoms with van der Waals surface area (Å²) < 4.78 is 0. The van der Waals surface area contributed by atoms with Gasteiger partial charge in [0.15, 0.2) is 0 Å². The van der Waals surface area contributed by atoms with Crippen molar-refractivity contribution in [2.45, 2.75) is 51.5 Å². The molecule has 0 saturated heterocycles. The molecule has 1 amide bonds. The Balaban J connectivity index is 1.73. The maximum Gasteiger partial charge on any atom is 0.253 e. The molecule has 1 aromatic rings. The largest absolute Gasteiger partial charge is 0.384 e. The molecular weight excluding hydrogens is 248 g/mol. The summed E-state index contributed by atoms with van der Waals surface area (Å²) in [6.07, 6.45) is 7.36. The van der Waals surface area contributed by atoms with Gasteiger partial charge in [0.2, 0.25) is 0 Å². The molecule has 1 aliphatic heterocycles. The molecule has 20 heavy (non-hydrogen) atoms. The number of nitrogens with one attached hydrogen (secondary N) is 2. The Hall–Kier alpha value is -1.51. The molecule has 0 radical (unpaired) electrons. The number of para-hydroxylation sites is 1. The second kappa shape index (κ2) is 5.86. The van der Waals surface area contributed by atoms with E-state index in [1.165, 1.54) is 31.2 Å². The number of aryl methyl sites for hydroxylation is 1. The zero-order valence-electron chi connectivity index (χ0n) is 12.2. The van der Waals surface area contributed by atoms with Gasteiger partial charge in [-0.1, -0.05) is 25.0 Å². The highest BCUT2D eigenvalue weighted by Gasteiger charge is 2.24. The maximum absolute atomic E-state index is 12.5. The molecule has 1 aromatic carbocycles. The van der Waals surface area contributed by atoms with Crippen molar-refractivity contribution in [1.29, 1.82) is 0 Å². The summed E-state index contributed by atoms with van der Waals surface area (Å²) in [7, 11) is 0. The SMILES string of the molecule is CC(NC(=O)c1cccc2c1NCCC2)C1CCCC1. The lowest BCUT2D eigenvalue weighted by Gasteiger charge is -2.24. The van der Waals surface area contributed by atoms with E-state index in [2.05, 4.69) is 23.6 Å². The van der Waals surface area contributed by atoms with Crippen LogP contribution in [0.4, 0.5) is 5.69 Å². The summed E-state index contributed by atoms with van der Waals surface area (Å²) in [6.45, 7) is 3.12. The van der Waals surface area contributed by atoms with E-state index in [4.69, 9.17) is 0 Å². The van der Waals surface area contributed by atoms with E-state index >= 15 is 0 Å². The van der Waals surface area contributed by atoms with Gasteiger partial charge >= 0.3 is 0 Å². The lowest BCUT2D eigenvalue weighted by molar-refractivity contribution is 0.0928. The smallest absolute Gasteiger partial charge is 0.253 e. The molecule has 0 aromatic heterocycles. The number of fused-ring (bicyclic) bond motifs is 1. The molecular formula is C17H24N2O. The normalized spacial score (nSPS) is 20.1. The number of hydrogen-bond acceptors (Lipinski definition) is 2. The molecule has 108 valence electrons. The third-order valence-electron chi connectivity index (χ3n) is 4.79. The molecule has 1 atom stereocenters. The minimum Gasteiger partial charge on any atom is -0.384 e. The molecule has 2 aliphatic rings. The van der Waals surface area contributed by atoms with Gasteiger partial charge in [0.05, 0.1) is 11.3 Å². The van der Waals surface area contributed by atoms with E-state index < -0.39 is 0 Å². The molecule has 0 spiro atoms. The first-order valence-corrected chi connectivity index (χ1v) is 7.92. The number of carbonyl (C=O) groups is 1. The van der Waals surface area contributed by atoms with Crippen molar-refractivity contribution < 1.29 is 4.79 Å². The molecule has 3 rings (SSSR count). The van der Waals surface area contributed by atoms with E-state index in [9.17, 15) is 4.79 Å². The average molecular weight is 272 g/mol. The summed E-state index contributed by atoms with van der Waals surface area (Å²) >= 11 is 0. The fourth-order valence-corrected chi connectivity index (χ4v) is 3.56. The highest BCUT2D eigenvalue weighted by molar-refractivity contribution is 6.00. The van der Waals surface area contributed by atoms with Crippen LogP contribution in [-0.2, 0) is 6.42 Å². The summed E-state index contributed by atoms with van der Waals surface area (Å²) in [5.41, 5.74) is 3.14. The number of benzene rings is 1. The fourth-order valence-electron chi connectivity index (χ4n) is 3.56. The zero-order chi connectivity index (χ0) is 13.9. The molecule has 1 fully saturated rings. The highest BCUT2D eigenvalue weighted by atomic mass is 16.1. The Kier molecular flexibility index (Phi) is 3.95. The van der Waals surface area contributed by atoms with Crippen molar-refractivity contribution in [3.63, 3.8) is 0 Å². The summed E-state index contributed by atoms with van der Waals surface area (Å²) in [5.74, 6) is 0.738. The molecule has 1 aliphatic carbocycles. The predicted molar refractivity (Wildman–Crippen MR) is 82.1 cm³/mol. The van der Waals surface area contributed by atoms with E-state index in [0.29, 0.717) is 5.92 Å². The topological polar surface area (TPSA) is 41.1 Å². The van der Waals surface area contributed by atoms with Crippen molar-refractivity contribution >= 4 is 11.6 Å². The number of rotatable bonds is 3. The van der Waals surface area contributed by atoms with Crippen LogP contribution in [0.5, 0.6) is 0 Å². The van der Waals surface area contributed by atoms with Gasteiger partial charge in [0, 0.05) is 12.6 Å². The first-order chi connectivity index (χ1) is 9.75. The van der Waals surface area contributed by atoms with Gasteiger partial charge in [0.1, 0.15) is 0 Å². The number of hydrogen-bond donors (Lipinski definition) is 2. The van der Waals surface area contributed by atoms with Gasteiger partial charge in [-0.2, -0.15) is 0 Å². The Bertz CT molecular complexity index is 492. The van der Waals surface area contributed by atoms with Crippen LogP contribution < -0.4 is 10.6 Å². The molecule has 1 heterocycles. The van der Waals surface area contributed by atoms with Gasteiger partial charge in [-0.15, -0.1) is 0 Å². The predicted octanol–water partition coefficient (Wildman–Crippen LogP) is 3.35. The molecule has 3 nitrogen and oxygen atoms in total.